The van der Waals surface area contributed by atoms with Crippen molar-refractivity contribution < 1.29 is 9.47 Å². The van der Waals surface area contributed by atoms with Gasteiger partial charge in [-0.05, 0) is 45.4 Å². The van der Waals surface area contributed by atoms with Gasteiger partial charge in [-0.15, -0.1) is 0 Å². The van der Waals surface area contributed by atoms with Crippen molar-refractivity contribution >= 4 is 0 Å². The van der Waals surface area contributed by atoms with Gasteiger partial charge in [0, 0.05) is 12.6 Å². The van der Waals surface area contributed by atoms with Gasteiger partial charge in [0.25, 0.3) is 0 Å². The van der Waals surface area contributed by atoms with Gasteiger partial charge in [0.1, 0.15) is 5.75 Å². The average molecular weight is 277 g/mol. The summed E-state index contributed by atoms with van der Waals surface area (Å²) in [5.41, 5.74) is 2.31. The molecular formula is C17H27NO2. The van der Waals surface area contributed by atoms with Crippen LogP contribution in [0.1, 0.15) is 39.3 Å². The molecule has 0 saturated heterocycles. The largest absolute Gasteiger partial charge is 0.491 e. The average Bonchev–Trinajstić information content (AvgIpc) is 2.38. The van der Waals surface area contributed by atoms with Crippen LogP contribution in [-0.2, 0) is 4.74 Å². The molecule has 1 rings (SSSR count). The third kappa shape index (κ3) is 6.73. The fourth-order valence-corrected chi connectivity index (χ4v) is 1.82. The molecule has 3 heteroatoms. The van der Waals surface area contributed by atoms with Gasteiger partial charge in [-0.2, -0.15) is 0 Å². The van der Waals surface area contributed by atoms with Crippen LogP contribution >= 0.6 is 0 Å². The van der Waals surface area contributed by atoms with Crippen LogP contribution in [0.5, 0.6) is 5.75 Å². The van der Waals surface area contributed by atoms with Gasteiger partial charge in [-0.1, -0.05) is 24.3 Å². The highest BCUT2D eigenvalue weighted by molar-refractivity contribution is 5.29. The number of rotatable bonds is 9. The first-order valence-corrected chi connectivity index (χ1v) is 7.21. The zero-order valence-corrected chi connectivity index (χ0v) is 13.1. The highest BCUT2D eigenvalue weighted by Gasteiger charge is 2.05. The van der Waals surface area contributed by atoms with E-state index in [1.54, 1.807) is 0 Å². The van der Waals surface area contributed by atoms with Gasteiger partial charge in [0.2, 0.25) is 0 Å². The van der Waals surface area contributed by atoms with Crippen molar-refractivity contribution in [2.45, 2.75) is 39.8 Å². The normalized spacial score (nSPS) is 12.4. The molecule has 112 valence electrons. The Morgan fingerprint density at radius 3 is 2.40 bits per heavy atom. The molecular weight excluding hydrogens is 250 g/mol. The molecule has 0 aliphatic rings. The molecule has 0 aromatic heterocycles. The van der Waals surface area contributed by atoms with Crippen LogP contribution in [0.4, 0.5) is 0 Å². The summed E-state index contributed by atoms with van der Waals surface area (Å²) in [7, 11) is 0. The summed E-state index contributed by atoms with van der Waals surface area (Å²) in [5.74, 6) is 0.917. The van der Waals surface area contributed by atoms with Gasteiger partial charge < -0.3 is 14.8 Å². The van der Waals surface area contributed by atoms with E-state index in [-0.39, 0.29) is 6.10 Å². The van der Waals surface area contributed by atoms with Crippen LogP contribution in [0.3, 0.4) is 0 Å². The first kappa shape index (κ1) is 16.7. The minimum absolute atomic E-state index is 0.210. The quantitative estimate of drug-likeness (QED) is 0.551. The van der Waals surface area contributed by atoms with E-state index in [1.807, 2.05) is 32.9 Å². The summed E-state index contributed by atoms with van der Waals surface area (Å²) in [5, 5.41) is 3.44. The maximum Gasteiger partial charge on any atom is 0.119 e. The molecule has 0 fully saturated rings. The van der Waals surface area contributed by atoms with E-state index < -0.39 is 0 Å². The Balaban J connectivity index is 2.32. The van der Waals surface area contributed by atoms with Gasteiger partial charge >= 0.3 is 0 Å². The summed E-state index contributed by atoms with van der Waals surface area (Å²) < 4.78 is 11.1. The third-order valence-electron chi connectivity index (χ3n) is 2.80. The predicted octanol–water partition coefficient (Wildman–Crippen LogP) is 3.72. The maximum atomic E-state index is 5.64. The van der Waals surface area contributed by atoms with E-state index >= 15 is 0 Å². The lowest BCUT2D eigenvalue weighted by Gasteiger charge is -2.16. The lowest BCUT2D eigenvalue weighted by molar-refractivity contribution is 0.156. The summed E-state index contributed by atoms with van der Waals surface area (Å²) in [6.07, 6.45) is 0.210. The van der Waals surface area contributed by atoms with Crippen LogP contribution in [0, 0.1) is 0 Å². The molecule has 0 aliphatic heterocycles. The molecule has 1 unspecified atom stereocenters. The van der Waals surface area contributed by atoms with E-state index in [9.17, 15) is 0 Å². The summed E-state index contributed by atoms with van der Waals surface area (Å²) in [6, 6.07) is 8.54. The number of ether oxygens (including phenoxy) is 2. The Morgan fingerprint density at radius 1 is 1.20 bits per heavy atom. The molecule has 3 nitrogen and oxygen atoms in total. The molecule has 0 spiro atoms. The van der Waals surface area contributed by atoms with E-state index in [1.165, 1.54) is 5.56 Å². The fourth-order valence-electron chi connectivity index (χ4n) is 1.82. The molecule has 1 aromatic carbocycles. The Hall–Kier alpha value is -1.32. The lowest BCUT2D eigenvalue weighted by atomic mass is 10.1. The minimum atomic E-state index is 0.210. The van der Waals surface area contributed by atoms with Gasteiger partial charge in [-0.25, -0.2) is 0 Å². The molecule has 0 saturated carbocycles. The number of benzene rings is 1. The first-order chi connectivity index (χ1) is 9.49. The molecule has 0 heterocycles. The van der Waals surface area contributed by atoms with Crippen LogP contribution in [-0.4, -0.2) is 25.9 Å². The summed E-state index contributed by atoms with van der Waals surface area (Å²) in [6.45, 7) is 14.2. The van der Waals surface area contributed by atoms with Crippen molar-refractivity contribution in [2.24, 2.45) is 0 Å². The second-order valence-corrected chi connectivity index (χ2v) is 5.42. The van der Waals surface area contributed by atoms with Crippen LogP contribution in [0.2, 0.25) is 0 Å². The lowest BCUT2D eigenvalue weighted by Crippen LogP contribution is -2.23. The van der Waals surface area contributed by atoms with Crippen molar-refractivity contribution in [3.63, 3.8) is 0 Å². The second-order valence-electron chi connectivity index (χ2n) is 5.42. The van der Waals surface area contributed by atoms with Gasteiger partial charge in [0.05, 0.1) is 19.3 Å². The SMILES string of the molecule is C=C(C)COCCNC(C)c1ccc(OC(C)C)cc1. The van der Waals surface area contributed by atoms with Crippen molar-refractivity contribution in [1.82, 2.24) is 5.32 Å². The Labute approximate surface area is 123 Å². The van der Waals surface area contributed by atoms with Crippen LogP contribution in [0.25, 0.3) is 0 Å². The Bertz CT molecular complexity index is 398. The van der Waals surface area contributed by atoms with Crippen molar-refractivity contribution in [1.29, 1.82) is 0 Å². The predicted molar refractivity (Wildman–Crippen MR) is 84.3 cm³/mol. The van der Waals surface area contributed by atoms with E-state index in [0.29, 0.717) is 19.3 Å². The summed E-state index contributed by atoms with van der Waals surface area (Å²) >= 11 is 0. The smallest absolute Gasteiger partial charge is 0.119 e. The number of hydrogen-bond acceptors (Lipinski definition) is 3. The first-order valence-electron chi connectivity index (χ1n) is 7.21. The van der Waals surface area contributed by atoms with E-state index in [2.05, 4.69) is 31.0 Å². The molecule has 0 radical (unpaired) electrons. The van der Waals surface area contributed by atoms with Crippen LogP contribution < -0.4 is 10.1 Å². The second kappa shape index (κ2) is 8.77. The molecule has 1 atom stereocenters. The Kier molecular flexibility index (Phi) is 7.34. The highest BCUT2D eigenvalue weighted by atomic mass is 16.5. The molecule has 0 aliphatic carbocycles. The minimum Gasteiger partial charge on any atom is -0.491 e. The molecule has 1 aromatic rings. The van der Waals surface area contributed by atoms with Crippen molar-refractivity contribution in [2.75, 3.05) is 19.8 Å². The number of nitrogens with one attached hydrogen (secondary N) is 1. The van der Waals surface area contributed by atoms with Gasteiger partial charge in [0.15, 0.2) is 0 Å². The van der Waals surface area contributed by atoms with E-state index in [4.69, 9.17) is 9.47 Å². The van der Waals surface area contributed by atoms with E-state index in [0.717, 1.165) is 17.9 Å². The number of hydrogen-bond donors (Lipinski definition) is 1. The zero-order valence-electron chi connectivity index (χ0n) is 13.1. The maximum absolute atomic E-state index is 5.64. The summed E-state index contributed by atoms with van der Waals surface area (Å²) in [4.78, 5) is 0. The fraction of sp³-hybridized carbons (Fsp3) is 0.529. The van der Waals surface area contributed by atoms with Crippen molar-refractivity contribution in [3.8, 4) is 5.75 Å². The molecule has 1 N–H and O–H groups in total. The molecule has 20 heavy (non-hydrogen) atoms. The standard InChI is InChI=1S/C17H27NO2/c1-13(2)12-19-11-10-18-15(5)16-6-8-17(9-7-16)20-14(3)4/h6-9,14-15,18H,1,10-12H2,2-5H3. The van der Waals surface area contributed by atoms with Crippen molar-refractivity contribution in [3.05, 3.63) is 42.0 Å². The highest BCUT2D eigenvalue weighted by Crippen LogP contribution is 2.18. The monoisotopic (exact) mass is 277 g/mol. The van der Waals surface area contributed by atoms with Crippen LogP contribution in [0.15, 0.2) is 36.4 Å². The molecule has 0 bridgehead atoms. The zero-order chi connectivity index (χ0) is 15.0. The third-order valence-corrected chi connectivity index (χ3v) is 2.80. The topological polar surface area (TPSA) is 30.5 Å². The Morgan fingerprint density at radius 2 is 1.85 bits per heavy atom. The molecule has 0 amide bonds. The van der Waals surface area contributed by atoms with Gasteiger partial charge in [-0.3, -0.25) is 0 Å².